The topological polar surface area (TPSA) is 37.4 Å². The molecule has 0 saturated heterocycles. The molecule has 0 unspecified atom stereocenters. The Morgan fingerprint density at radius 3 is 2.09 bits per heavy atom. The zero-order chi connectivity index (χ0) is 16.2. The summed E-state index contributed by atoms with van der Waals surface area (Å²) in [6.45, 7) is 3.19. The minimum atomic E-state index is -3.76. The first-order chi connectivity index (χ1) is 10.5. The molecule has 2 rings (SSSR count). The van der Waals surface area contributed by atoms with Crippen molar-refractivity contribution >= 4 is 15.7 Å². The van der Waals surface area contributed by atoms with E-state index in [1.807, 2.05) is 12.1 Å². The Bertz CT molecular complexity index is 697. The summed E-state index contributed by atoms with van der Waals surface area (Å²) in [5.74, 6) is 0.356. The molecule has 0 spiro atoms. The summed E-state index contributed by atoms with van der Waals surface area (Å²) in [4.78, 5) is 0.163. The van der Waals surface area contributed by atoms with Crippen LogP contribution in [0.3, 0.4) is 0 Å². The fraction of sp³-hybridized carbons (Fsp3) is 0.294. The molecule has 3 nitrogen and oxygen atoms in total. The number of hydrogen-bond acceptors (Lipinski definition) is 2. The van der Waals surface area contributed by atoms with Gasteiger partial charge in [0.25, 0.3) is 10.0 Å². The second kappa shape index (κ2) is 6.92. The molecule has 0 fully saturated rings. The molecule has 0 aliphatic rings. The van der Waals surface area contributed by atoms with Crippen LogP contribution in [-0.4, -0.2) is 21.6 Å². The van der Waals surface area contributed by atoms with Crippen molar-refractivity contribution in [1.29, 1.82) is 0 Å². The fourth-order valence-corrected chi connectivity index (χ4v) is 3.67. The first kappa shape index (κ1) is 16.5. The van der Waals surface area contributed by atoms with Crippen LogP contribution in [0.2, 0.25) is 0 Å². The van der Waals surface area contributed by atoms with Crippen molar-refractivity contribution in [3.63, 3.8) is 0 Å². The smallest absolute Gasteiger partial charge is 0.264 e. The highest BCUT2D eigenvalue weighted by atomic mass is 32.2. The van der Waals surface area contributed by atoms with E-state index >= 15 is 0 Å². The number of anilines is 1. The number of alkyl halides is 1. The van der Waals surface area contributed by atoms with Crippen molar-refractivity contribution in [3.05, 3.63) is 60.2 Å². The zero-order valence-corrected chi connectivity index (χ0v) is 13.6. The lowest BCUT2D eigenvalue weighted by atomic mass is 10.0. The molecule has 0 aliphatic carbocycles. The molecule has 22 heavy (non-hydrogen) atoms. The number of halogens is 1. The van der Waals surface area contributed by atoms with Crippen LogP contribution >= 0.6 is 0 Å². The Labute approximate surface area is 131 Å². The highest BCUT2D eigenvalue weighted by molar-refractivity contribution is 7.92. The van der Waals surface area contributed by atoms with Gasteiger partial charge in [-0.2, -0.15) is 0 Å². The monoisotopic (exact) mass is 321 g/mol. The Morgan fingerprint density at radius 2 is 1.59 bits per heavy atom. The van der Waals surface area contributed by atoms with Crippen LogP contribution in [0, 0.1) is 0 Å². The molecular formula is C17H20FNO2S. The first-order valence-electron chi connectivity index (χ1n) is 7.20. The molecule has 0 aromatic heterocycles. The lowest BCUT2D eigenvalue weighted by Crippen LogP contribution is -2.32. The first-order valence-corrected chi connectivity index (χ1v) is 8.64. The van der Waals surface area contributed by atoms with Crippen LogP contribution < -0.4 is 4.31 Å². The molecule has 2 aromatic rings. The maximum absolute atomic E-state index is 12.9. The van der Waals surface area contributed by atoms with E-state index in [4.69, 9.17) is 0 Å². The van der Waals surface area contributed by atoms with Gasteiger partial charge in [0, 0.05) is 0 Å². The number of benzene rings is 2. The second-order valence-corrected chi connectivity index (χ2v) is 7.19. The average molecular weight is 321 g/mol. The molecule has 0 heterocycles. The Hall–Kier alpha value is -1.88. The molecule has 0 N–H and O–H groups in total. The molecule has 5 heteroatoms. The standard InChI is InChI=1S/C17H20FNO2S/c1-14(2)15-8-10-16(11-9-15)19(13-12-18)22(20,21)17-6-4-3-5-7-17/h3-11,14H,12-13H2,1-2H3. The second-order valence-electron chi connectivity index (χ2n) is 5.33. The molecule has 0 saturated carbocycles. The fourth-order valence-electron chi connectivity index (χ4n) is 2.21. The van der Waals surface area contributed by atoms with Crippen molar-refractivity contribution in [3.8, 4) is 0 Å². The van der Waals surface area contributed by atoms with Gasteiger partial charge in [0.1, 0.15) is 6.67 Å². The van der Waals surface area contributed by atoms with Crippen LogP contribution in [0.4, 0.5) is 10.1 Å². The van der Waals surface area contributed by atoms with Gasteiger partial charge < -0.3 is 0 Å². The summed E-state index contributed by atoms with van der Waals surface area (Å²) < 4.78 is 39.4. The molecule has 0 amide bonds. The summed E-state index contributed by atoms with van der Waals surface area (Å²) in [5.41, 5.74) is 1.59. The van der Waals surface area contributed by atoms with Gasteiger partial charge in [0.2, 0.25) is 0 Å². The van der Waals surface area contributed by atoms with E-state index in [0.29, 0.717) is 11.6 Å². The number of hydrogen-bond donors (Lipinski definition) is 0. The van der Waals surface area contributed by atoms with Crippen molar-refractivity contribution in [2.24, 2.45) is 0 Å². The van der Waals surface area contributed by atoms with Gasteiger partial charge >= 0.3 is 0 Å². The molecular weight excluding hydrogens is 301 g/mol. The Balaban J connectivity index is 2.42. The van der Waals surface area contributed by atoms with Crippen LogP contribution in [0.15, 0.2) is 59.5 Å². The number of sulfonamides is 1. The predicted molar refractivity (Wildman–Crippen MR) is 87.5 cm³/mol. The summed E-state index contributed by atoms with van der Waals surface area (Å²) in [6, 6.07) is 15.3. The maximum Gasteiger partial charge on any atom is 0.264 e. The van der Waals surface area contributed by atoms with E-state index in [1.54, 1.807) is 30.3 Å². The average Bonchev–Trinajstić information content (AvgIpc) is 2.53. The Morgan fingerprint density at radius 1 is 1.00 bits per heavy atom. The third-order valence-corrected chi connectivity index (χ3v) is 5.31. The van der Waals surface area contributed by atoms with Crippen molar-refractivity contribution < 1.29 is 12.8 Å². The minimum Gasteiger partial charge on any atom is -0.264 e. The lowest BCUT2D eigenvalue weighted by Gasteiger charge is -2.23. The van der Waals surface area contributed by atoms with Gasteiger partial charge in [0.15, 0.2) is 0 Å². The summed E-state index contributed by atoms with van der Waals surface area (Å²) in [7, 11) is -3.76. The van der Waals surface area contributed by atoms with E-state index in [9.17, 15) is 12.8 Å². The van der Waals surface area contributed by atoms with Crippen molar-refractivity contribution in [2.75, 3.05) is 17.5 Å². The SMILES string of the molecule is CC(C)c1ccc(N(CCF)S(=O)(=O)c2ccccc2)cc1. The van der Waals surface area contributed by atoms with E-state index < -0.39 is 16.7 Å². The van der Waals surface area contributed by atoms with Gasteiger partial charge in [-0.1, -0.05) is 44.2 Å². The van der Waals surface area contributed by atoms with Gasteiger partial charge in [-0.3, -0.25) is 4.31 Å². The highest BCUT2D eigenvalue weighted by Gasteiger charge is 2.24. The third-order valence-electron chi connectivity index (χ3n) is 3.47. The van der Waals surface area contributed by atoms with Gasteiger partial charge in [-0.25, -0.2) is 12.8 Å². The molecule has 0 radical (unpaired) electrons. The van der Waals surface area contributed by atoms with Crippen molar-refractivity contribution in [1.82, 2.24) is 0 Å². The molecule has 2 aromatic carbocycles. The van der Waals surface area contributed by atoms with E-state index in [2.05, 4.69) is 13.8 Å². The van der Waals surface area contributed by atoms with E-state index in [1.165, 1.54) is 12.1 Å². The van der Waals surface area contributed by atoms with E-state index in [-0.39, 0.29) is 11.4 Å². The molecule has 118 valence electrons. The normalized spacial score (nSPS) is 11.6. The van der Waals surface area contributed by atoms with Gasteiger partial charge in [-0.05, 0) is 35.7 Å². The van der Waals surface area contributed by atoms with Crippen molar-refractivity contribution in [2.45, 2.75) is 24.7 Å². The summed E-state index contributed by atoms with van der Waals surface area (Å²) >= 11 is 0. The van der Waals surface area contributed by atoms with Gasteiger partial charge in [-0.15, -0.1) is 0 Å². The Kier molecular flexibility index (Phi) is 5.19. The number of nitrogens with zero attached hydrogens (tertiary/aromatic N) is 1. The summed E-state index contributed by atoms with van der Waals surface area (Å²) in [6.07, 6.45) is 0. The number of rotatable bonds is 6. The lowest BCUT2D eigenvalue weighted by molar-refractivity contribution is 0.499. The molecule has 0 aliphatic heterocycles. The molecule has 0 bridgehead atoms. The van der Waals surface area contributed by atoms with Crippen LogP contribution in [0.25, 0.3) is 0 Å². The zero-order valence-electron chi connectivity index (χ0n) is 12.7. The summed E-state index contributed by atoms with van der Waals surface area (Å²) in [5, 5.41) is 0. The molecule has 0 atom stereocenters. The highest BCUT2D eigenvalue weighted by Crippen LogP contribution is 2.25. The van der Waals surface area contributed by atoms with E-state index in [0.717, 1.165) is 9.87 Å². The minimum absolute atomic E-state index is 0.163. The van der Waals surface area contributed by atoms with Crippen LogP contribution in [0.1, 0.15) is 25.3 Å². The predicted octanol–water partition coefficient (Wildman–Crippen LogP) is 3.97. The van der Waals surface area contributed by atoms with Gasteiger partial charge in [0.05, 0.1) is 17.1 Å². The third kappa shape index (κ3) is 3.47. The largest absolute Gasteiger partial charge is 0.264 e. The maximum atomic E-state index is 12.9. The van der Waals surface area contributed by atoms with Crippen LogP contribution in [0.5, 0.6) is 0 Å². The quantitative estimate of drug-likeness (QED) is 0.807. The van der Waals surface area contributed by atoms with Crippen LogP contribution in [-0.2, 0) is 10.0 Å².